The highest BCUT2D eigenvalue weighted by Crippen LogP contribution is 2.31. The summed E-state index contributed by atoms with van der Waals surface area (Å²) in [6, 6.07) is 16.1. The number of hydrogen-bond acceptors (Lipinski definition) is 4. The summed E-state index contributed by atoms with van der Waals surface area (Å²) in [5, 5.41) is 5.31. The molecule has 1 heterocycles. The third-order valence-electron chi connectivity index (χ3n) is 4.35. The molecule has 1 aliphatic heterocycles. The molecule has 0 unspecified atom stereocenters. The number of carbonyl (C=O) groups is 2. The highest BCUT2D eigenvalue weighted by Gasteiger charge is 2.38. The van der Waals surface area contributed by atoms with Crippen molar-refractivity contribution in [3.05, 3.63) is 90.7 Å². The molecule has 6 nitrogen and oxygen atoms in total. The van der Waals surface area contributed by atoms with Crippen LogP contribution in [0.15, 0.2) is 79.5 Å². The van der Waals surface area contributed by atoms with Gasteiger partial charge in [0.25, 0.3) is 0 Å². The molecule has 2 N–H and O–H groups in total. The molecule has 2 atom stereocenters. The fourth-order valence-electron chi connectivity index (χ4n) is 2.98. The van der Waals surface area contributed by atoms with Crippen molar-refractivity contribution in [2.75, 3.05) is 6.61 Å². The molecule has 2 aromatic carbocycles. The van der Waals surface area contributed by atoms with Crippen LogP contribution in [0.3, 0.4) is 0 Å². The minimum absolute atomic E-state index is 0.0928. The van der Waals surface area contributed by atoms with Crippen LogP contribution in [-0.4, -0.2) is 18.6 Å². The number of rotatable bonds is 7. The van der Waals surface area contributed by atoms with E-state index in [0.29, 0.717) is 18.1 Å². The van der Waals surface area contributed by atoms with Gasteiger partial charge >= 0.3 is 12.0 Å². The smallest absolute Gasteiger partial charge is 0.319 e. The number of ether oxygens (including phenoxy) is 2. The summed E-state index contributed by atoms with van der Waals surface area (Å²) in [5.41, 5.74) is 2.12. The summed E-state index contributed by atoms with van der Waals surface area (Å²) in [6.45, 7) is 7.89. The third kappa shape index (κ3) is 4.59. The first-order valence-corrected chi connectivity index (χ1v) is 8.89. The molecule has 6 heteroatoms. The maximum absolute atomic E-state index is 12.4. The molecule has 0 saturated carbocycles. The Kier molecular flexibility index (Phi) is 6.11. The Morgan fingerprint density at radius 1 is 1.11 bits per heavy atom. The summed E-state index contributed by atoms with van der Waals surface area (Å²) < 4.78 is 10.9. The zero-order chi connectivity index (χ0) is 19.9. The van der Waals surface area contributed by atoms with E-state index >= 15 is 0 Å². The summed E-state index contributed by atoms with van der Waals surface area (Å²) >= 11 is 0. The molecule has 144 valence electrons. The average molecular weight is 378 g/mol. The molecular weight excluding hydrogens is 356 g/mol. The van der Waals surface area contributed by atoms with Gasteiger partial charge in [0.15, 0.2) is 0 Å². The molecule has 2 amide bonds. The van der Waals surface area contributed by atoms with E-state index in [1.54, 1.807) is 12.1 Å². The molecule has 1 fully saturated rings. The molecule has 2 aromatic rings. The van der Waals surface area contributed by atoms with Gasteiger partial charge in [0.1, 0.15) is 24.9 Å². The Hall–Kier alpha value is -3.54. The van der Waals surface area contributed by atoms with E-state index in [1.165, 1.54) is 6.08 Å². The number of nitrogens with one attached hydrogen (secondary N) is 2. The van der Waals surface area contributed by atoms with Crippen LogP contribution in [0.25, 0.3) is 0 Å². The molecular formula is C22H22N2O4. The van der Waals surface area contributed by atoms with Crippen LogP contribution in [0, 0.1) is 5.92 Å². The van der Waals surface area contributed by atoms with Crippen LogP contribution >= 0.6 is 0 Å². The van der Waals surface area contributed by atoms with Crippen molar-refractivity contribution < 1.29 is 19.1 Å². The number of benzene rings is 2. The van der Waals surface area contributed by atoms with Crippen LogP contribution < -0.4 is 15.4 Å². The van der Waals surface area contributed by atoms with Crippen LogP contribution in [-0.2, 0) is 16.1 Å². The zero-order valence-corrected chi connectivity index (χ0v) is 15.4. The van der Waals surface area contributed by atoms with Crippen molar-refractivity contribution in [1.29, 1.82) is 0 Å². The van der Waals surface area contributed by atoms with Gasteiger partial charge in [0.2, 0.25) is 0 Å². The van der Waals surface area contributed by atoms with Gasteiger partial charge in [-0.25, -0.2) is 4.79 Å². The predicted octanol–water partition coefficient (Wildman–Crippen LogP) is 3.48. The van der Waals surface area contributed by atoms with Crippen molar-refractivity contribution in [2.45, 2.75) is 12.6 Å². The second-order valence-corrected chi connectivity index (χ2v) is 6.34. The topological polar surface area (TPSA) is 76.7 Å². The second kappa shape index (κ2) is 8.90. The lowest BCUT2D eigenvalue weighted by Crippen LogP contribution is -2.51. The van der Waals surface area contributed by atoms with E-state index in [0.717, 1.165) is 11.1 Å². The Balaban J connectivity index is 1.73. The van der Waals surface area contributed by atoms with Crippen molar-refractivity contribution in [3.8, 4) is 5.75 Å². The van der Waals surface area contributed by atoms with E-state index in [9.17, 15) is 9.59 Å². The van der Waals surface area contributed by atoms with Gasteiger partial charge in [-0.2, -0.15) is 0 Å². The van der Waals surface area contributed by atoms with Gasteiger partial charge in [-0.1, -0.05) is 61.7 Å². The lowest BCUT2D eigenvalue weighted by Gasteiger charge is -2.33. The quantitative estimate of drug-likeness (QED) is 0.571. The Labute approximate surface area is 163 Å². The largest absolute Gasteiger partial charge is 0.489 e. The van der Waals surface area contributed by atoms with E-state index in [1.807, 2.05) is 42.5 Å². The zero-order valence-electron chi connectivity index (χ0n) is 15.4. The second-order valence-electron chi connectivity index (χ2n) is 6.34. The Morgan fingerprint density at radius 3 is 2.50 bits per heavy atom. The van der Waals surface area contributed by atoms with Crippen LogP contribution in [0.2, 0.25) is 0 Å². The standard InChI is InChI=1S/C22H22N2O4/c1-3-13-27-21(25)19-15(2)23-22(26)24-20(19)17-9-11-18(12-10-17)28-14-16-7-5-4-6-8-16/h3-12,19-20H,1-2,13-14H2,(H2,23,24,26)/t19-,20+/m1/s1. The summed E-state index contributed by atoms with van der Waals surface area (Å²) in [7, 11) is 0. The van der Waals surface area contributed by atoms with Gasteiger partial charge in [-0.3, -0.25) is 4.79 Å². The van der Waals surface area contributed by atoms with Gasteiger partial charge in [0, 0.05) is 5.70 Å². The van der Waals surface area contributed by atoms with Crippen molar-refractivity contribution >= 4 is 12.0 Å². The number of esters is 1. The van der Waals surface area contributed by atoms with E-state index in [4.69, 9.17) is 9.47 Å². The molecule has 1 aliphatic rings. The highest BCUT2D eigenvalue weighted by molar-refractivity contribution is 5.85. The van der Waals surface area contributed by atoms with E-state index < -0.39 is 24.0 Å². The van der Waals surface area contributed by atoms with Crippen molar-refractivity contribution in [3.63, 3.8) is 0 Å². The SMILES string of the molecule is C=CCOC(=O)[C@@H]1C(=C)NC(=O)N[C@H]1c1ccc(OCc2ccccc2)cc1. The maximum Gasteiger partial charge on any atom is 0.319 e. The van der Waals surface area contributed by atoms with E-state index in [-0.39, 0.29) is 6.61 Å². The van der Waals surface area contributed by atoms with E-state index in [2.05, 4.69) is 23.8 Å². The molecule has 0 aromatic heterocycles. The maximum atomic E-state index is 12.4. The van der Waals surface area contributed by atoms with Crippen molar-refractivity contribution in [2.24, 2.45) is 5.92 Å². The molecule has 3 rings (SSSR count). The Morgan fingerprint density at radius 2 is 1.82 bits per heavy atom. The predicted molar refractivity (Wildman–Crippen MR) is 105 cm³/mol. The third-order valence-corrected chi connectivity index (χ3v) is 4.35. The van der Waals surface area contributed by atoms with Crippen molar-refractivity contribution in [1.82, 2.24) is 10.6 Å². The lowest BCUT2D eigenvalue weighted by atomic mass is 9.89. The highest BCUT2D eigenvalue weighted by atomic mass is 16.5. The van der Waals surface area contributed by atoms with Gasteiger partial charge in [-0.15, -0.1) is 0 Å². The molecule has 0 spiro atoms. The summed E-state index contributed by atoms with van der Waals surface area (Å²) in [6.07, 6.45) is 1.49. The van der Waals surface area contributed by atoms with Gasteiger partial charge in [0.05, 0.1) is 6.04 Å². The van der Waals surface area contributed by atoms with Crippen LogP contribution in [0.4, 0.5) is 4.79 Å². The molecule has 0 bridgehead atoms. The molecule has 28 heavy (non-hydrogen) atoms. The van der Waals surface area contributed by atoms with Gasteiger partial charge < -0.3 is 20.1 Å². The molecule has 0 aliphatic carbocycles. The van der Waals surface area contributed by atoms with Crippen LogP contribution in [0.5, 0.6) is 5.75 Å². The number of carbonyl (C=O) groups excluding carboxylic acids is 2. The lowest BCUT2D eigenvalue weighted by molar-refractivity contribution is -0.147. The summed E-state index contributed by atoms with van der Waals surface area (Å²) in [4.78, 5) is 24.3. The minimum Gasteiger partial charge on any atom is -0.489 e. The Bertz CT molecular complexity index is 862. The molecule has 1 saturated heterocycles. The number of hydrogen-bond donors (Lipinski definition) is 2. The first-order valence-electron chi connectivity index (χ1n) is 8.89. The first-order chi connectivity index (χ1) is 13.6. The first kappa shape index (κ1) is 19.2. The van der Waals surface area contributed by atoms with Gasteiger partial charge in [-0.05, 0) is 23.3 Å². The fourth-order valence-corrected chi connectivity index (χ4v) is 2.98. The molecule has 0 radical (unpaired) electrons. The summed E-state index contributed by atoms with van der Waals surface area (Å²) in [5.74, 6) is -0.530. The fraction of sp³-hybridized carbons (Fsp3) is 0.182. The monoisotopic (exact) mass is 378 g/mol. The normalized spacial score (nSPS) is 18.6. The number of amides is 2. The van der Waals surface area contributed by atoms with Crippen LogP contribution in [0.1, 0.15) is 17.2 Å². The average Bonchev–Trinajstić information content (AvgIpc) is 2.71. The number of urea groups is 1. The minimum atomic E-state index is -0.742.